The molecule has 5 aromatic rings. The first kappa shape index (κ1) is 31.7. The van der Waals surface area contributed by atoms with Crippen LogP contribution in [0, 0.1) is 30.3 Å². The Hall–Kier alpha value is -6.69. The Kier molecular flexibility index (Phi) is 9.72. The summed E-state index contributed by atoms with van der Waals surface area (Å²) in [6, 6.07) is 36.9. The van der Waals surface area contributed by atoms with Crippen molar-refractivity contribution in [2.45, 2.75) is 12.5 Å². The van der Waals surface area contributed by atoms with E-state index in [0.29, 0.717) is 18.2 Å². The lowest BCUT2D eigenvalue weighted by Crippen LogP contribution is -2.04. The molecule has 0 fully saturated rings. The lowest BCUT2D eigenvalue weighted by Gasteiger charge is -2.11. The molecule has 0 spiro atoms. The number of anilines is 1. The molecule has 0 aromatic heterocycles. The second-order valence-electron chi connectivity index (χ2n) is 10.4. The van der Waals surface area contributed by atoms with Crippen molar-refractivity contribution >= 4 is 46.8 Å². The Morgan fingerprint density at radius 2 is 1.26 bits per heavy atom. The number of fused-ring (bicyclic) bond motifs is 1. The van der Waals surface area contributed by atoms with E-state index in [1.807, 2.05) is 30.5 Å². The lowest BCUT2D eigenvalue weighted by molar-refractivity contribution is -0.404. The number of hydrogen-bond donors (Lipinski definition) is 2. The molecule has 6 rings (SSSR count). The standard InChI is InChI=1S/C29H24N2.C6H3N3O7/c1-4-10-22(11-5-1)16-17-25-18-26-19-28(24-14-8-3-9-15-24)31-29(26)20-27(25)30-21-23-12-6-2-7-13-23;10-6-4(8(13)14)1-3(7(11)12)2-5(6)9(15)16/h1-18,20-21,28,31H,19H2;1-2,10H/b17-16+,30-21?;. The van der Waals surface area contributed by atoms with Crippen LogP contribution in [0.15, 0.2) is 120 Å². The molecule has 1 aliphatic rings. The van der Waals surface area contributed by atoms with Crippen LogP contribution in [0.25, 0.3) is 12.2 Å². The van der Waals surface area contributed by atoms with Gasteiger partial charge in [0.2, 0.25) is 0 Å². The number of nitrogens with zero attached hydrogens (tertiary/aromatic N) is 4. The van der Waals surface area contributed by atoms with Crippen molar-refractivity contribution < 1.29 is 19.9 Å². The summed E-state index contributed by atoms with van der Waals surface area (Å²) in [5, 5.41) is 43.9. The number of aromatic hydroxyl groups is 1. The van der Waals surface area contributed by atoms with Gasteiger partial charge in [-0.3, -0.25) is 35.3 Å². The summed E-state index contributed by atoms with van der Waals surface area (Å²) in [7, 11) is 0. The van der Waals surface area contributed by atoms with Crippen molar-refractivity contribution in [1.29, 1.82) is 0 Å². The third-order valence-corrected chi connectivity index (χ3v) is 7.27. The Bertz CT molecular complexity index is 1870. The van der Waals surface area contributed by atoms with Gasteiger partial charge in [0.05, 0.1) is 38.6 Å². The van der Waals surface area contributed by atoms with Gasteiger partial charge in [0.15, 0.2) is 0 Å². The van der Waals surface area contributed by atoms with Crippen LogP contribution in [0.5, 0.6) is 5.75 Å². The molecule has 0 radical (unpaired) electrons. The molecule has 5 aromatic carbocycles. The Morgan fingerprint density at radius 3 is 1.81 bits per heavy atom. The highest BCUT2D eigenvalue weighted by Gasteiger charge is 2.30. The van der Waals surface area contributed by atoms with E-state index in [1.54, 1.807) is 0 Å². The summed E-state index contributed by atoms with van der Waals surface area (Å²) >= 11 is 0. The van der Waals surface area contributed by atoms with Crippen molar-refractivity contribution in [3.05, 3.63) is 173 Å². The minimum Gasteiger partial charge on any atom is -0.497 e. The third-order valence-electron chi connectivity index (χ3n) is 7.27. The second kappa shape index (κ2) is 14.4. The van der Waals surface area contributed by atoms with Gasteiger partial charge in [0.25, 0.3) is 11.4 Å². The molecule has 1 unspecified atom stereocenters. The van der Waals surface area contributed by atoms with Crippen molar-refractivity contribution in [2.75, 3.05) is 5.32 Å². The lowest BCUT2D eigenvalue weighted by atomic mass is 10.0. The van der Waals surface area contributed by atoms with E-state index in [2.05, 4.69) is 96.3 Å². The van der Waals surface area contributed by atoms with Gasteiger partial charge in [-0.25, -0.2) is 0 Å². The van der Waals surface area contributed by atoms with E-state index < -0.39 is 37.6 Å². The normalized spacial score (nSPS) is 13.4. The summed E-state index contributed by atoms with van der Waals surface area (Å²) in [4.78, 5) is 32.6. The fourth-order valence-corrected chi connectivity index (χ4v) is 4.95. The van der Waals surface area contributed by atoms with Gasteiger partial charge in [0, 0.05) is 17.5 Å². The third kappa shape index (κ3) is 7.88. The van der Waals surface area contributed by atoms with Crippen molar-refractivity contribution in [3.8, 4) is 5.75 Å². The van der Waals surface area contributed by atoms with E-state index in [4.69, 9.17) is 10.1 Å². The molecule has 1 heterocycles. The molecule has 0 saturated carbocycles. The highest BCUT2D eigenvalue weighted by Crippen LogP contribution is 2.40. The highest BCUT2D eigenvalue weighted by atomic mass is 16.6. The number of rotatable bonds is 8. The largest absolute Gasteiger partial charge is 0.497 e. The van der Waals surface area contributed by atoms with Gasteiger partial charge in [-0.2, -0.15) is 0 Å². The summed E-state index contributed by atoms with van der Waals surface area (Å²) < 4.78 is 0. The average molecular weight is 630 g/mol. The zero-order chi connectivity index (χ0) is 33.3. The number of hydrogen-bond acceptors (Lipinski definition) is 9. The molecular weight excluding hydrogens is 602 g/mol. The van der Waals surface area contributed by atoms with Crippen LogP contribution in [-0.4, -0.2) is 26.1 Å². The molecule has 12 heteroatoms. The summed E-state index contributed by atoms with van der Waals surface area (Å²) in [6.45, 7) is 0. The first-order chi connectivity index (χ1) is 22.7. The SMILES string of the molecule is C(=Nc1cc2c(cc1/C=C/c1ccccc1)CC(c1ccccc1)N2)c1ccccc1.O=[N+]([O-])c1cc([N+](=O)[O-])c(O)c([N+](=O)[O-])c1. The highest BCUT2D eigenvalue weighted by molar-refractivity contribution is 5.86. The van der Waals surface area contributed by atoms with Gasteiger partial charge < -0.3 is 10.4 Å². The maximum Gasteiger partial charge on any atom is 0.324 e. The van der Waals surface area contributed by atoms with Gasteiger partial charge in [-0.05, 0) is 40.8 Å². The van der Waals surface area contributed by atoms with Crippen LogP contribution in [0.4, 0.5) is 28.4 Å². The van der Waals surface area contributed by atoms with E-state index in [9.17, 15) is 30.3 Å². The predicted octanol–water partition coefficient (Wildman–Crippen LogP) is 8.43. The summed E-state index contributed by atoms with van der Waals surface area (Å²) in [5.74, 6) is -1.21. The van der Waals surface area contributed by atoms with Crippen molar-refractivity contribution in [1.82, 2.24) is 0 Å². The number of phenolic OH excluding ortho intramolecular Hbond substituents is 1. The predicted molar refractivity (Wildman–Crippen MR) is 180 cm³/mol. The number of nitrogens with one attached hydrogen (secondary N) is 1. The number of non-ortho nitro benzene ring substituents is 1. The molecule has 234 valence electrons. The molecule has 2 N–H and O–H groups in total. The van der Waals surface area contributed by atoms with E-state index in [-0.39, 0.29) is 0 Å². The summed E-state index contributed by atoms with van der Waals surface area (Å²) in [5.41, 5.74) is 5.19. The number of nitro benzene ring substituents is 3. The molecule has 1 atom stereocenters. The van der Waals surface area contributed by atoms with Gasteiger partial charge in [-0.1, -0.05) is 103 Å². The Balaban J connectivity index is 0.000000230. The first-order valence-electron chi connectivity index (χ1n) is 14.3. The fourth-order valence-electron chi connectivity index (χ4n) is 4.95. The Morgan fingerprint density at radius 1 is 0.702 bits per heavy atom. The number of aliphatic imine (C=N–C) groups is 1. The minimum absolute atomic E-state index is 0.301. The van der Waals surface area contributed by atoms with Crippen molar-refractivity contribution in [2.24, 2.45) is 4.99 Å². The van der Waals surface area contributed by atoms with Gasteiger partial charge in [0.1, 0.15) is 0 Å². The first-order valence-corrected chi connectivity index (χ1v) is 14.3. The van der Waals surface area contributed by atoms with Gasteiger partial charge in [-0.15, -0.1) is 0 Å². The molecule has 1 aliphatic heterocycles. The van der Waals surface area contributed by atoms with E-state index in [0.717, 1.165) is 23.2 Å². The molecule has 0 saturated heterocycles. The van der Waals surface area contributed by atoms with Crippen LogP contribution >= 0.6 is 0 Å². The van der Waals surface area contributed by atoms with Crippen LogP contribution in [0.1, 0.15) is 33.9 Å². The number of nitro groups is 3. The van der Waals surface area contributed by atoms with Gasteiger partial charge >= 0.3 is 11.4 Å². The minimum atomic E-state index is -1.21. The monoisotopic (exact) mass is 629 g/mol. The zero-order valence-electron chi connectivity index (χ0n) is 24.7. The quantitative estimate of drug-likeness (QED) is 0.0744. The maximum absolute atomic E-state index is 10.4. The number of phenols is 1. The zero-order valence-corrected chi connectivity index (χ0v) is 24.7. The van der Waals surface area contributed by atoms with Crippen molar-refractivity contribution in [3.63, 3.8) is 0 Å². The molecule has 12 nitrogen and oxygen atoms in total. The Labute approximate surface area is 268 Å². The molecule has 47 heavy (non-hydrogen) atoms. The summed E-state index contributed by atoms with van der Waals surface area (Å²) in [6.07, 6.45) is 7.24. The van der Waals surface area contributed by atoms with E-state index in [1.165, 1.54) is 22.4 Å². The molecule has 0 bridgehead atoms. The fraction of sp³-hybridized carbons (Fsp3) is 0.0571. The van der Waals surface area contributed by atoms with E-state index >= 15 is 0 Å². The topological polar surface area (TPSA) is 174 Å². The van der Waals surface area contributed by atoms with Crippen LogP contribution < -0.4 is 5.32 Å². The smallest absolute Gasteiger partial charge is 0.324 e. The maximum atomic E-state index is 10.4. The van der Waals surface area contributed by atoms with Crippen LogP contribution in [0.2, 0.25) is 0 Å². The second-order valence-corrected chi connectivity index (χ2v) is 10.4. The molecule has 0 amide bonds. The number of benzene rings is 5. The van der Waals surface area contributed by atoms with Crippen LogP contribution in [0.3, 0.4) is 0 Å². The molecular formula is C35H27N5O7. The molecule has 0 aliphatic carbocycles. The average Bonchev–Trinajstić information content (AvgIpc) is 3.50. The van der Waals surface area contributed by atoms with Crippen LogP contribution in [-0.2, 0) is 6.42 Å².